The molecule has 0 atom stereocenters. The average Bonchev–Trinajstić information content (AvgIpc) is 2.20. The second-order valence-corrected chi connectivity index (χ2v) is 2.45. The highest BCUT2D eigenvalue weighted by molar-refractivity contribution is 5.93. The van der Waals surface area contributed by atoms with Crippen molar-refractivity contribution in [3.05, 3.63) is 48.6 Å². The van der Waals surface area contributed by atoms with Crippen molar-refractivity contribution >= 4 is 11.8 Å². The maximum atomic E-state index is 10.6. The van der Waals surface area contributed by atoms with Crippen molar-refractivity contribution in [1.82, 2.24) is 0 Å². The maximum Gasteiger partial charge on any atom is 0.159 e. The van der Waals surface area contributed by atoms with Crippen LogP contribution in [0.3, 0.4) is 0 Å². The third-order valence-electron chi connectivity index (χ3n) is 1.35. The van der Waals surface area contributed by atoms with Crippen LogP contribution >= 0.6 is 0 Å². The molecule has 3 nitrogen and oxygen atoms in total. The lowest BCUT2D eigenvalue weighted by Gasteiger charge is -1.89. The molecule has 0 saturated carbocycles. The molecule has 0 heterocycles. The summed E-state index contributed by atoms with van der Waals surface area (Å²) in [5.41, 5.74) is 0.775. The maximum absolute atomic E-state index is 10.6. The largest absolute Gasteiger partial charge is 0.545 e. The van der Waals surface area contributed by atoms with Gasteiger partial charge < -0.3 is 9.90 Å². The number of ketones is 1. The summed E-state index contributed by atoms with van der Waals surface area (Å²) >= 11 is 0. The summed E-state index contributed by atoms with van der Waals surface area (Å²) < 4.78 is 0. The average molecular weight is 191 g/mol. The van der Waals surface area contributed by atoms with Crippen LogP contribution in [-0.2, 0) is 4.79 Å². The van der Waals surface area contributed by atoms with Gasteiger partial charge in [-0.25, -0.2) is 0 Å². The zero-order chi connectivity index (χ0) is 11.0. The van der Waals surface area contributed by atoms with Gasteiger partial charge in [0.15, 0.2) is 5.78 Å². The van der Waals surface area contributed by atoms with E-state index in [0.717, 1.165) is 11.6 Å². The Morgan fingerprint density at radius 1 is 1.29 bits per heavy atom. The van der Waals surface area contributed by atoms with Crippen molar-refractivity contribution in [1.29, 1.82) is 0 Å². The first-order valence-electron chi connectivity index (χ1n) is 3.97. The summed E-state index contributed by atoms with van der Waals surface area (Å²) in [6, 6.07) is 9.23. The second-order valence-electron chi connectivity index (χ2n) is 2.45. The van der Waals surface area contributed by atoms with Crippen molar-refractivity contribution in [3.8, 4) is 0 Å². The molecule has 0 aromatic heterocycles. The van der Waals surface area contributed by atoms with E-state index < -0.39 is 5.97 Å². The van der Waals surface area contributed by atoms with Crippen LogP contribution in [0.2, 0.25) is 0 Å². The van der Waals surface area contributed by atoms with Crippen LogP contribution in [0.4, 0.5) is 0 Å². The molecule has 0 radical (unpaired) electrons. The molecule has 0 bridgehead atoms. The molecule has 1 aromatic rings. The van der Waals surface area contributed by atoms with E-state index in [1.807, 2.05) is 30.3 Å². The normalized spacial score (nSPS) is 8.07. The van der Waals surface area contributed by atoms with E-state index in [-0.39, 0.29) is 5.78 Å². The zero-order valence-electron chi connectivity index (χ0n) is 7.90. The Balaban J connectivity index is 0.000000292. The Morgan fingerprint density at radius 3 is 1.93 bits per heavy atom. The van der Waals surface area contributed by atoms with Crippen LogP contribution < -0.4 is 5.11 Å². The summed E-state index contributed by atoms with van der Waals surface area (Å²) in [5, 5.41) is 9.14. The Kier molecular flexibility index (Phi) is 5.70. The first-order valence-corrected chi connectivity index (χ1v) is 3.97. The van der Waals surface area contributed by atoms with Crippen LogP contribution in [0.5, 0.6) is 0 Å². The van der Waals surface area contributed by atoms with Gasteiger partial charge in [0.05, 0.1) is 5.97 Å². The van der Waals surface area contributed by atoms with Gasteiger partial charge in [0.2, 0.25) is 0 Å². The predicted molar refractivity (Wildman–Crippen MR) is 51.7 cm³/mol. The number of carbonyl (C=O) groups is 2. The Hall–Kier alpha value is -1.90. The molecule has 0 aliphatic heterocycles. The molecule has 0 unspecified atom stereocenters. The molecule has 0 spiro atoms. The highest BCUT2D eigenvalue weighted by Crippen LogP contribution is 1.97. The van der Waals surface area contributed by atoms with Gasteiger partial charge in [-0.2, -0.15) is 0 Å². The van der Waals surface area contributed by atoms with E-state index in [4.69, 9.17) is 9.90 Å². The first-order chi connectivity index (χ1) is 6.57. The molecule has 1 aromatic carbocycles. The van der Waals surface area contributed by atoms with Crippen molar-refractivity contribution < 1.29 is 14.7 Å². The number of hydrogen-bond acceptors (Lipinski definition) is 3. The summed E-state index contributed by atoms with van der Waals surface area (Å²) in [6.45, 7) is 4.46. The highest BCUT2D eigenvalue weighted by Gasteiger charge is 1.92. The summed E-state index contributed by atoms with van der Waals surface area (Å²) in [5.74, 6) is -1.11. The van der Waals surface area contributed by atoms with E-state index >= 15 is 0 Å². The van der Waals surface area contributed by atoms with Gasteiger partial charge >= 0.3 is 0 Å². The minimum Gasteiger partial charge on any atom is -0.545 e. The molecule has 0 N–H and O–H groups in total. The van der Waals surface area contributed by atoms with E-state index in [1.165, 1.54) is 0 Å². The van der Waals surface area contributed by atoms with Gasteiger partial charge in [-0.15, -0.1) is 0 Å². The number of rotatable bonds is 2. The fraction of sp³-hybridized carbons (Fsp3) is 0.0909. The van der Waals surface area contributed by atoms with Crippen LogP contribution in [-0.4, -0.2) is 11.8 Å². The molecule has 0 aliphatic rings. The fourth-order valence-corrected chi connectivity index (χ4v) is 0.673. The van der Waals surface area contributed by atoms with Gasteiger partial charge in [0.25, 0.3) is 0 Å². The second kappa shape index (κ2) is 6.60. The highest BCUT2D eigenvalue weighted by atomic mass is 16.4. The van der Waals surface area contributed by atoms with Gasteiger partial charge in [-0.05, 0) is 13.0 Å². The molecular formula is C11H11O3-. The van der Waals surface area contributed by atoms with Gasteiger partial charge in [-0.3, -0.25) is 4.79 Å². The first kappa shape index (κ1) is 12.1. The summed E-state index contributed by atoms with van der Waals surface area (Å²) in [7, 11) is 0. The third-order valence-corrected chi connectivity index (χ3v) is 1.35. The topological polar surface area (TPSA) is 57.2 Å². The lowest BCUT2D eigenvalue weighted by atomic mass is 10.2. The molecule has 0 amide bonds. The van der Waals surface area contributed by atoms with Crippen molar-refractivity contribution in [2.75, 3.05) is 0 Å². The van der Waals surface area contributed by atoms with E-state index in [0.29, 0.717) is 0 Å². The number of Topliss-reactive ketones (excluding diaryl/α,β-unsaturated/α-hetero) is 1. The van der Waals surface area contributed by atoms with E-state index in [9.17, 15) is 4.79 Å². The minimum absolute atomic E-state index is 0.121. The number of aliphatic carboxylic acids is 1. The molecule has 0 fully saturated rings. The van der Waals surface area contributed by atoms with Crippen molar-refractivity contribution in [3.63, 3.8) is 0 Å². The number of carboxylic acid groups (broad SMARTS) is 1. The molecule has 0 saturated heterocycles. The van der Waals surface area contributed by atoms with E-state index in [2.05, 4.69) is 6.58 Å². The smallest absolute Gasteiger partial charge is 0.159 e. The fourth-order valence-electron chi connectivity index (χ4n) is 0.673. The van der Waals surface area contributed by atoms with Crippen LogP contribution in [0.1, 0.15) is 17.3 Å². The minimum atomic E-state index is -1.23. The number of carboxylic acids is 1. The molecule has 3 heteroatoms. The quantitative estimate of drug-likeness (QED) is 0.513. The van der Waals surface area contributed by atoms with Gasteiger partial charge in [-0.1, -0.05) is 36.9 Å². The number of carbonyl (C=O) groups excluding carboxylic acids is 2. The Labute approximate surface area is 82.7 Å². The molecule has 14 heavy (non-hydrogen) atoms. The summed E-state index contributed by atoms with van der Waals surface area (Å²) in [6.07, 6.45) is 0.722. The standard InChI is InChI=1S/C8H8O.C3H4O2/c1-7(9)8-5-3-2-4-6-8;1-2-3(4)5/h2-6H,1H3;2H,1H2,(H,4,5)/p-1. The third kappa shape index (κ3) is 5.71. The number of benzene rings is 1. The lowest BCUT2D eigenvalue weighted by molar-refractivity contribution is -0.297. The van der Waals surface area contributed by atoms with Crippen molar-refractivity contribution in [2.24, 2.45) is 0 Å². The predicted octanol–water partition coefficient (Wildman–Crippen LogP) is 0.811. The van der Waals surface area contributed by atoms with E-state index in [1.54, 1.807) is 6.92 Å². The van der Waals surface area contributed by atoms with Gasteiger partial charge in [0.1, 0.15) is 0 Å². The molecular weight excluding hydrogens is 180 g/mol. The van der Waals surface area contributed by atoms with Crippen LogP contribution in [0.15, 0.2) is 43.0 Å². The Bertz CT molecular complexity index is 315. The van der Waals surface area contributed by atoms with Gasteiger partial charge in [0, 0.05) is 5.56 Å². The van der Waals surface area contributed by atoms with Crippen LogP contribution in [0, 0.1) is 0 Å². The number of hydrogen-bond donors (Lipinski definition) is 0. The van der Waals surface area contributed by atoms with Crippen LogP contribution in [0.25, 0.3) is 0 Å². The summed E-state index contributed by atoms with van der Waals surface area (Å²) in [4.78, 5) is 19.8. The molecule has 74 valence electrons. The Morgan fingerprint density at radius 2 is 1.71 bits per heavy atom. The molecule has 1 rings (SSSR count). The SMILES string of the molecule is C=CC(=O)[O-].CC(=O)c1ccccc1. The van der Waals surface area contributed by atoms with Crippen molar-refractivity contribution in [2.45, 2.75) is 6.92 Å². The zero-order valence-corrected chi connectivity index (χ0v) is 7.90. The lowest BCUT2D eigenvalue weighted by Crippen LogP contribution is -2.17. The molecule has 0 aliphatic carbocycles. The monoisotopic (exact) mass is 191 g/mol.